The van der Waals surface area contributed by atoms with Gasteiger partial charge in [-0.1, -0.05) is 25.5 Å². The molecule has 1 heterocycles. The van der Waals surface area contributed by atoms with E-state index in [2.05, 4.69) is 30.1 Å². The number of hydrogen-bond donors (Lipinski definition) is 1. The number of hydrogen-bond acceptors (Lipinski definition) is 3. The zero-order valence-corrected chi connectivity index (χ0v) is 16.3. The predicted octanol–water partition coefficient (Wildman–Crippen LogP) is 3.84. The summed E-state index contributed by atoms with van der Waals surface area (Å²) < 4.78 is 5.85. The summed E-state index contributed by atoms with van der Waals surface area (Å²) in [5, 5.41) is 3.02. The van der Waals surface area contributed by atoms with Gasteiger partial charge in [0.15, 0.2) is 6.10 Å². The van der Waals surface area contributed by atoms with Crippen molar-refractivity contribution in [2.45, 2.75) is 71.9 Å². The van der Waals surface area contributed by atoms with Gasteiger partial charge in [0.25, 0.3) is 5.91 Å². The highest BCUT2D eigenvalue weighted by Crippen LogP contribution is 2.22. The van der Waals surface area contributed by atoms with Gasteiger partial charge in [-0.15, -0.1) is 0 Å². The maximum absolute atomic E-state index is 12.3. The van der Waals surface area contributed by atoms with Gasteiger partial charge in [-0.05, 0) is 70.2 Å². The van der Waals surface area contributed by atoms with E-state index in [9.17, 15) is 4.79 Å². The molecule has 1 aromatic rings. The molecule has 1 aliphatic rings. The molecule has 0 aliphatic carbocycles. The van der Waals surface area contributed by atoms with Gasteiger partial charge in [-0.2, -0.15) is 0 Å². The van der Waals surface area contributed by atoms with Crippen molar-refractivity contribution in [2.75, 3.05) is 19.6 Å². The summed E-state index contributed by atoms with van der Waals surface area (Å²) >= 11 is 0. The van der Waals surface area contributed by atoms with Gasteiger partial charge in [0.05, 0.1) is 0 Å². The first-order valence-electron chi connectivity index (χ1n) is 9.77. The molecule has 1 fully saturated rings. The van der Waals surface area contributed by atoms with Crippen LogP contribution in [0, 0.1) is 13.8 Å². The lowest BCUT2D eigenvalue weighted by Crippen LogP contribution is -2.41. The quantitative estimate of drug-likeness (QED) is 0.727. The van der Waals surface area contributed by atoms with Gasteiger partial charge < -0.3 is 15.0 Å². The Morgan fingerprint density at radius 2 is 2.16 bits per heavy atom. The van der Waals surface area contributed by atoms with Gasteiger partial charge in [0.2, 0.25) is 0 Å². The molecule has 1 aliphatic heterocycles. The Morgan fingerprint density at radius 1 is 1.36 bits per heavy atom. The molecule has 4 heteroatoms. The molecule has 1 amide bonds. The van der Waals surface area contributed by atoms with Crippen LogP contribution in [-0.2, 0) is 4.79 Å². The average Bonchev–Trinajstić information content (AvgIpc) is 2.62. The van der Waals surface area contributed by atoms with E-state index in [1.54, 1.807) is 0 Å². The Morgan fingerprint density at radius 3 is 2.92 bits per heavy atom. The normalized spacial score (nSPS) is 19.4. The fourth-order valence-corrected chi connectivity index (χ4v) is 3.55. The lowest BCUT2D eigenvalue weighted by molar-refractivity contribution is -0.127. The SMILES string of the molecule is CC[C@H]1CCCCN1CCCNC(=O)[C@@H](C)Oc1cccc(C)c1C. The van der Waals surface area contributed by atoms with E-state index in [4.69, 9.17) is 4.74 Å². The Balaban J connectivity index is 1.71. The molecule has 140 valence electrons. The number of carbonyl (C=O) groups is 1. The first kappa shape index (κ1) is 19.8. The van der Waals surface area contributed by atoms with Crippen molar-refractivity contribution in [3.8, 4) is 5.75 Å². The van der Waals surface area contributed by atoms with Crippen LogP contribution >= 0.6 is 0 Å². The second-order valence-corrected chi connectivity index (χ2v) is 7.20. The van der Waals surface area contributed by atoms with Crippen LogP contribution < -0.4 is 10.1 Å². The Hall–Kier alpha value is -1.55. The van der Waals surface area contributed by atoms with Crippen molar-refractivity contribution in [1.82, 2.24) is 10.2 Å². The molecule has 0 spiro atoms. The molecule has 25 heavy (non-hydrogen) atoms. The third-order valence-electron chi connectivity index (χ3n) is 5.37. The van der Waals surface area contributed by atoms with Crippen molar-refractivity contribution < 1.29 is 9.53 Å². The maximum Gasteiger partial charge on any atom is 0.260 e. The number of ether oxygens (including phenoxy) is 1. The third kappa shape index (κ3) is 5.74. The molecule has 1 N–H and O–H groups in total. The molecule has 1 saturated heterocycles. The second-order valence-electron chi connectivity index (χ2n) is 7.20. The fraction of sp³-hybridized carbons (Fsp3) is 0.667. The van der Waals surface area contributed by atoms with E-state index in [1.165, 1.54) is 37.8 Å². The van der Waals surface area contributed by atoms with Crippen LogP contribution in [0.5, 0.6) is 5.75 Å². The van der Waals surface area contributed by atoms with Crippen molar-refractivity contribution in [2.24, 2.45) is 0 Å². The summed E-state index contributed by atoms with van der Waals surface area (Å²) in [6.07, 6.45) is 5.75. The van der Waals surface area contributed by atoms with E-state index in [0.717, 1.165) is 30.3 Å². The summed E-state index contributed by atoms with van der Waals surface area (Å²) in [6.45, 7) is 11.2. The van der Waals surface area contributed by atoms with Crippen molar-refractivity contribution >= 4 is 5.91 Å². The molecular formula is C21H34N2O2. The minimum Gasteiger partial charge on any atom is -0.481 e. The minimum atomic E-state index is -0.473. The molecule has 1 aromatic carbocycles. The van der Waals surface area contributed by atoms with Crippen LogP contribution in [0.4, 0.5) is 0 Å². The number of piperidine rings is 1. The van der Waals surface area contributed by atoms with Crippen LogP contribution in [0.1, 0.15) is 57.1 Å². The Labute approximate surface area is 152 Å². The average molecular weight is 347 g/mol. The second kappa shape index (κ2) is 9.81. The van der Waals surface area contributed by atoms with Crippen LogP contribution in [0.25, 0.3) is 0 Å². The summed E-state index contributed by atoms with van der Waals surface area (Å²) in [7, 11) is 0. The van der Waals surface area contributed by atoms with E-state index in [-0.39, 0.29) is 5.91 Å². The molecule has 0 bridgehead atoms. The van der Waals surface area contributed by atoms with E-state index in [1.807, 2.05) is 26.0 Å². The van der Waals surface area contributed by atoms with Crippen LogP contribution in [0.15, 0.2) is 18.2 Å². The molecule has 0 radical (unpaired) electrons. The van der Waals surface area contributed by atoms with Gasteiger partial charge in [-0.3, -0.25) is 4.79 Å². The number of likely N-dealkylation sites (tertiary alicyclic amines) is 1. The standard InChI is InChI=1S/C21H34N2O2/c1-5-19-11-6-7-14-23(19)15-9-13-22-21(24)18(4)25-20-12-8-10-16(2)17(20)3/h8,10,12,18-19H,5-7,9,11,13-15H2,1-4H3,(H,22,24)/t18-,19+/m1/s1. The highest BCUT2D eigenvalue weighted by molar-refractivity contribution is 5.80. The number of nitrogens with one attached hydrogen (secondary N) is 1. The molecule has 0 aromatic heterocycles. The van der Waals surface area contributed by atoms with Crippen LogP contribution in [-0.4, -0.2) is 42.6 Å². The Bertz CT molecular complexity index is 559. The first-order valence-corrected chi connectivity index (χ1v) is 9.77. The molecule has 2 atom stereocenters. The largest absolute Gasteiger partial charge is 0.481 e. The highest BCUT2D eigenvalue weighted by atomic mass is 16.5. The lowest BCUT2D eigenvalue weighted by Gasteiger charge is -2.35. The molecule has 0 saturated carbocycles. The van der Waals surface area contributed by atoms with Crippen LogP contribution in [0.3, 0.4) is 0 Å². The topological polar surface area (TPSA) is 41.6 Å². The van der Waals surface area contributed by atoms with E-state index >= 15 is 0 Å². The first-order chi connectivity index (χ1) is 12.0. The Kier molecular flexibility index (Phi) is 7.76. The summed E-state index contributed by atoms with van der Waals surface area (Å²) in [6, 6.07) is 6.67. The zero-order chi connectivity index (χ0) is 18.2. The monoisotopic (exact) mass is 346 g/mol. The number of carbonyl (C=O) groups excluding carboxylic acids is 1. The van der Waals surface area contributed by atoms with Gasteiger partial charge in [0.1, 0.15) is 5.75 Å². The minimum absolute atomic E-state index is 0.0356. The summed E-state index contributed by atoms with van der Waals surface area (Å²) in [5.41, 5.74) is 2.27. The number of amides is 1. The molecule has 2 rings (SSSR count). The summed E-state index contributed by atoms with van der Waals surface area (Å²) in [4.78, 5) is 14.9. The number of rotatable bonds is 8. The lowest BCUT2D eigenvalue weighted by atomic mass is 10.00. The number of benzene rings is 1. The maximum atomic E-state index is 12.3. The van der Waals surface area contributed by atoms with Gasteiger partial charge in [-0.25, -0.2) is 0 Å². The van der Waals surface area contributed by atoms with Crippen LogP contribution in [0.2, 0.25) is 0 Å². The molecule has 0 unspecified atom stereocenters. The van der Waals surface area contributed by atoms with E-state index in [0.29, 0.717) is 6.54 Å². The molecular weight excluding hydrogens is 312 g/mol. The molecule has 4 nitrogen and oxygen atoms in total. The van der Waals surface area contributed by atoms with Gasteiger partial charge >= 0.3 is 0 Å². The number of aryl methyl sites for hydroxylation is 1. The third-order valence-corrected chi connectivity index (χ3v) is 5.37. The highest BCUT2D eigenvalue weighted by Gasteiger charge is 2.20. The van der Waals surface area contributed by atoms with Crippen molar-refractivity contribution in [1.29, 1.82) is 0 Å². The van der Waals surface area contributed by atoms with Gasteiger partial charge in [0, 0.05) is 19.1 Å². The predicted molar refractivity (Wildman–Crippen MR) is 103 cm³/mol. The smallest absolute Gasteiger partial charge is 0.260 e. The summed E-state index contributed by atoms with van der Waals surface area (Å²) in [5.74, 6) is 0.758. The van der Waals surface area contributed by atoms with E-state index < -0.39 is 6.10 Å². The number of nitrogens with zero attached hydrogens (tertiary/aromatic N) is 1. The fourth-order valence-electron chi connectivity index (χ4n) is 3.55. The van der Waals surface area contributed by atoms with Crippen molar-refractivity contribution in [3.63, 3.8) is 0 Å². The van der Waals surface area contributed by atoms with Crippen molar-refractivity contribution in [3.05, 3.63) is 29.3 Å². The zero-order valence-electron chi connectivity index (χ0n) is 16.3.